The number of nitrogens with zero attached hydrogens (tertiary/aromatic N) is 7. The third-order valence-electron chi connectivity index (χ3n) is 12.3. The summed E-state index contributed by atoms with van der Waals surface area (Å²) < 4.78 is 33.2. The smallest absolute Gasteiger partial charge is 0.329 e. The molecule has 2 atom stereocenters. The van der Waals surface area contributed by atoms with Crippen molar-refractivity contribution in [3.63, 3.8) is 0 Å². The summed E-state index contributed by atoms with van der Waals surface area (Å²) in [5, 5.41) is 9.61. The fourth-order valence-corrected chi connectivity index (χ4v) is 9.03. The van der Waals surface area contributed by atoms with Crippen LogP contribution >= 0.6 is 0 Å². The Labute approximate surface area is 339 Å². The van der Waals surface area contributed by atoms with Crippen LogP contribution in [-0.2, 0) is 21.4 Å². The van der Waals surface area contributed by atoms with Gasteiger partial charge in [-0.05, 0) is 92.8 Å². The van der Waals surface area contributed by atoms with E-state index in [0.717, 1.165) is 74.6 Å². The van der Waals surface area contributed by atoms with Crippen LogP contribution in [0.5, 0.6) is 0 Å². The Balaban J connectivity index is 0.751. The fourth-order valence-electron chi connectivity index (χ4n) is 9.03. The standard InChI is InChI=1S/C43H49F2N9O5/c1-50-36-24-28(10-13-34(36)54(43(50)59)35-14-15-38(55)49-42(35)58)27-16-21-51(22-17-27)39(56)9-5-3-2-4-6-19-46-41(57)31-26-47-53-23-18-37(48-40(31)53)52-20-7-8-33(52)30-25-29(44)11-12-32(30)45/h10-13,18,23-27,33,35H,2-9,14-17,19-22H2,1H3,(H,46,57)(H,49,55,58)/t33-,35?/m1/s1. The van der Waals surface area contributed by atoms with Crippen molar-refractivity contribution in [2.75, 3.05) is 31.1 Å². The summed E-state index contributed by atoms with van der Waals surface area (Å²) in [6.07, 6.45) is 11.7. The number of rotatable bonds is 13. The molecule has 0 spiro atoms. The molecule has 3 aromatic heterocycles. The predicted octanol–water partition coefficient (Wildman–Crippen LogP) is 5.46. The maximum absolute atomic E-state index is 14.7. The molecule has 0 radical (unpaired) electrons. The number of carbonyl (C=O) groups is 4. The zero-order valence-electron chi connectivity index (χ0n) is 33.2. The number of hydrogen-bond acceptors (Lipinski definition) is 8. The molecule has 2 N–H and O–H groups in total. The van der Waals surface area contributed by atoms with Crippen LogP contribution in [0.15, 0.2) is 59.7 Å². The van der Waals surface area contributed by atoms with Gasteiger partial charge >= 0.3 is 5.69 Å². The summed E-state index contributed by atoms with van der Waals surface area (Å²) in [4.78, 5) is 72.2. The Bertz CT molecular complexity index is 2470. The molecule has 0 aliphatic carbocycles. The van der Waals surface area contributed by atoms with Crippen LogP contribution in [0.3, 0.4) is 0 Å². The zero-order chi connectivity index (χ0) is 41.2. The molecule has 3 aliphatic rings. The minimum Gasteiger partial charge on any atom is -0.352 e. The van der Waals surface area contributed by atoms with E-state index in [-0.39, 0.29) is 41.8 Å². The van der Waals surface area contributed by atoms with Gasteiger partial charge in [-0.2, -0.15) is 5.10 Å². The van der Waals surface area contributed by atoms with Crippen molar-refractivity contribution in [3.05, 3.63) is 93.7 Å². The summed E-state index contributed by atoms with van der Waals surface area (Å²) in [6, 6.07) is 10.1. The minimum absolute atomic E-state index is 0.168. The molecule has 14 nitrogen and oxygen atoms in total. The summed E-state index contributed by atoms with van der Waals surface area (Å²) in [6.45, 7) is 2.47. The van der Waals surface area contributed by atoms with Crippen molar-refractivity contribution in [2.24, 2.45) is 7.05 Å². The maximum Gasteiger partial charge on any atom is 0.329 e. The van der Waals surface area contributed by atoms with E-state index in [1.807, 2.05) is 28.0 Å². The van der Waals surface area contributed by atoms with E-state index in [9.17, 15) is 32.8 Å². The van der Waals surface area contributed by atoms with Gasteiger partial charge in [0.2, 0.25) is 17.7 Å². The van der Waals surface area contributed by atoms with Crippen LogP contribution in [0, 0.1) is 11.6 Å². The van der Waals surface area contributed by atoms with Gasteiger partial charge in [-0.25, -0.2) is 23.1 Å². The average Bonchev–Trinajstić information content (AvgIpc) is 3.96. The number of halogens is 2. The fraction of sp³-hybridized carbons (Fsp3) is 0.465. The highest BCUT2D eigenvalue weighted by atomic mass is 19.1. The second-order valence-electron chi connectivity index (χ2n) is 16.0. The van der Waals surface area contributed by atoms with E-state index in [4.69, 9.17) is 4.98 Å². The number of carbonyl (C=O) groups excluding carboxylic acids is 4. The monoisotopic (exact) mass is 809 g/mol. The Kier molecular flexibility index (Phi) is 11.6. The number of aryl methyl sites for hydroxylation is 1. The molecule has 3 saturated heterocycles. The molecule has 0 saturated carbocycles. The highest BCUT2D eigenvalue weighted by Crippen LogP contribution is 2.37. The first-order valence-electron chi connectivity index (χ1n) is 20.7. The molecule has 0 bridgehead atoms. The molecule has 16 heteroatoms. The minimum atomic E-state index is -0.720. The third-order valence-corrected chi connectivity index (χ3v) is 12.3. The van der Waals surface area contributed by atoms with E-state index in [2.05, 4.69) is 15.7 Å². The number of likely N-dealkylation sites (tertiary alicyclic amines) is 1. The number of imide groups is 1. The number of unbranched alkanes of at least 4 members (excludes halogenated alkanes) is 4. The number of benzene rings is 2. The van der Waals surface area contributed by atoms with Crippen molar-refractivity contribution in [1.82, 2.24) is 39.3 Å². The summed E-state index contributed by atoms with van der Waals surface area (Å²) >= 11 is 0. The van der Waals surface area contributed by atoms with Crippen molar-refractivity contribution in [3.8, 4) is 0 Å². The molecule has 3 fully saturated rings. The second-order valence-corrected chi connectivity index (χ2v) is 16.0. The molecule has 3 aliphatic heterocycles. The zero-order valence-corrected chi connectivity index (χ0v) is 33.2. The SMILES string of the molecule is Cn1c(=O)n(C2CCC(=O)NC2=O)c2ccc(C3CCN(C(=O)CCCCCCCNC(=O)c4cnn5ccc(N6CCC[C@@H]6c6cc(F)ccc6F)nc45)CC3)cc21. The molecule has 5 aromatic rings. The summed E-state index contributed by atoms with van der Waals surface area (Å²) in [5.74, 6) is -0.996. The molecule has 1 unspecified atom stereocenters. The van der Waals surface area contributed by atoms with Gasteiger partial charge in [0.1, 0.15) is 29.1 Å². The first-order chi connectivity index (χ1) is 28.6. The second kappa shape index (κ2) is 17.1. The molecule has 310 valence electrons. The Morgan fingerprint density at radius 3 is 2.49 bits per heavy atom. The lowest BCUT2D eigenvalue weighted by Gasteiger charge is -2.32. The summed E-state index contributed by atoms with van der Waals surface area (Å²) in [7, 11) is 1.70. The van der Waals surface area contributed by atoms with Crippen LogP contribution in [0.4, 0.5) is 14.6 Å². The molecular weight excluding hydrogens is 761 g/mol. The molecule has 59 heavy (non-hydrogen) atoms. The topological polar surface area (TPSA) is 156 Å². The van der Waals surface area contributed by atoms with E-state index >= 15 is 0 Å². The molecule has 2 aromatic carbocycles. The number of imidazole rings is 1. The van der Waals surface area contributed by atoms with Gasteiger partial charge in [0.25, 0.3) is 5.91 Å². The quantitative estimate of drug-likeness (QED) is 0.118. The third kappa shape index (κ3) is 8.21. The van der Waals surface area contributed by atoms with Crippen LogP contribution in [0.2, 0.25) is 0 Å². The number of aromatic nitrogens is 5. The molecule has 8 rings (SSSR count). The lowest BCUT2D eigenvalue weighted by atomic mass is 9.89. The van der Waals surface area contributed by atoms with Crippen molar-refractivity contribution in [1.29, 1.82) is 0 Å². The van der Waals surface area contributed by atoms with Crippen LogP contribution in [0.25, 0.3) is 16.7 Å². The normalized spacial score (nSPS) is 18.9. The highest BCUT2D eigenvalue weighted by Gasteiger charge is 2.33. The number of anilines is 1. The van der Waals surface area contributed by atoms with Crippen LogP contribution in [-0.4, -0.2) is 78.4 Å². The van der Waals surface area contributed by atoms with Gasteiger partial charge in [0, 0.05) is 57.8 Å². The van der Waals surface area contributed by atoms with Gasteiger partial charge in [-0.3, -0.25) is 33.6 Å². The largest absolute Gasteiger partial charge is 0.352 e. The molecule has 4 amide bonds. The summed E-state index contributed by atoms with van der Waals surface area (Å²) in [5.41, 5.74) is 3.27. The lowest BCUT2D eigenvalue weighted by molar-refractivity contribution is -0.136. The van der Waals surface area contributed by atoms with Crippen molar-refractivity contribution < 1.29 is 28.0 Å². The Morgan fingerprint density at radius 2 is 1.68 bits per heavy atom. The molecular formula is C43H49F2N9O5. The first kappa shape index (κ1) is 39.9. The Morgan fingerprint density at radius 1 is 0.881 bits per heavy atom. The molecule has 6 heterocycles. The van der Waals surface area contributed by atoms with Crippen molar-refractivity contribution in [2.45, 2.75) is 95.1 Å². The Hall–Kier alpha value is -5.93. The average molecular weight is 810 g/mol. The number of amides is 4. The number of piperidine rings is 2. The van der Waals surface area contributed by atoms with E-state index in [0.29, 0.717) is 73.6 Å². The number of hydrogen-bond donors (Lipinski definition) is 2. The van der Waals surface area contributed by atoms with Crippen molar-refractivity contribution >= 4 is 46.1 Å². The highest BCUT2D eigenvalue weighted by molar-refractivity contribution is 6.00. The van der Waals surface area contributed by atoms with E-state index in [1.54, 1.807) is 23.9 Å². The van der Waals surface area contributed by atoms with Gasteiger partial charge in [-0.1, -0.05) is 25.3 Å². The van der Waals surface area contributed by atoms with E-state index < -0.39 is 23.6 Å². The first-order valence-corrected chi connectivity index (χ1v) is 20.7. The van der Waals surface area contributed by atoms with E-state index in [1.165, 1.54) is 21.3 Å². The van der Waals surface area contributed by atoms with Gasteiger partial charge in [0.05, 0.1) is 23.3 Å². The predicted molar refractivity (Wildman–Crippen MR) is 216 cm³/mol. The van der Waals surface area contributed by atoms with Crippen LogP contribution in [0.1, 0.15) is 117 Å². The van der Waals surface area contributed by atoms with Gasteiger partial charge in [-0.15, -0.1) is 0 Å². The number of nitrogens with one attached hydrogen (secondary N) is 2. The van der Waals surface area contributed by atoms with Gasteiger partial charge in [0.15, 0.2) is 5.65 Å². The maximum atomic E-state index is 14.7. The number of fused-ring (bicyclic) bond motifs is 2. The van der Waals surface area contributed by atoms with Gasteiger partial charge < -0.3 is 15.1 Å². The lowest BCUT2D eigenvalue weighted by Crippen LogP contribution is -2.44. The van der Waals surface area contributed by atoms with Crippen LogP contribution < -0.4 is 21.2 Å².